The van der Waals surface area contributed by atoms with Crippen LogP contribution in [0.25, 0.3) is 0 Å². The summed E-state index contributed by atoms with van der Waals surface area (Å²) in [4.78, 5) is 2.36. The van der Waals surface area contributed by atoms with E-state index in [0.29, 0.717) is 12.1 Å². The van der Waals surface area contributed by atoms with Crippen molar-refractivity contribution in [2.24, 2.45) is 0 Å². The predicted octanol–water partition coefficient (Wildman–Crippen LogP) is 2.72. The van der Waals surface area contributed by atoms with E-state index < -0.39 is 0 Å². The van der Waals surface area contributed by atoms with Gasteiger partial charge in [-0.1, -0.05) is 24.3 Å². The molecule has 1 aromatic heterocycles. The maximum absolute atomic E-state index is 4.25. The van der Waals surface area contributed by atoms with E-state index in [1.54, 1.807) is 6.20 Å². The molecule has 1 fully saturated rings. The topological polar surface area (TPSA) is 41.1 Å². The van der Waals surface area contributed by atoms with Crippen LogP contribution in [0.15, 0.2) is 42.6 Å². The van der Waals surface area contributed by atoms with Gasteiger partial charge in [-0.25, -0.2) is 0 Å². The van der Waals surface area contributed by atoms with Crippen molar-refractivity contribution in [2.45, 2.75) is 37.8 Å². The van der Waals surface area contributed by atoms with Gasteiger partial charge in [0.2, 0.25) is 0 Å². The number of nitrogens with zero attached hydrogens (tertiary/aromatic N) is 3. The SMILES string of the molecule is c1cnnc(N2CCC[C@@H](N[C@@H]3CCc4ccccc43)C2)c1. The van der Waals surface area contributed by atoms with E-state index >= 15 is 0 Å². The molecule has 0 spiro atoms. The third kappa shape index (κ3) is 2.71. The van der Waals surface area contributed by atoms with Crippen molar-refractivity contribution in [3.63, 3.8) is 0 Å². The van der Waals surface area contributed by atoms with Crippen molar-refractivity contribution in [3.05, 3.63) is 53.7 Å². The number of anilines is 1. The van der Waals surface area contributed by atoms with Gasteiger partial charge in [-0.2, -0.15) is 5.10 Å². The van der Waals surface area contributed by atoms with Crippen LogP contribution in [-0.2, 0) is 6.42 Å². The van der Waals surface area contributed by atoms with Crippen molar-refractivity contribution in [3.8, 4) is 0 Å². The van der Waals surface area contributed by atoms with E-state index in [4.69, 9.17) is 0 Å². The highest BCUT2D eigenvalue weighted by Gasteiger charge is 2.27. The Morgan fingerprint density at radius 1 is 1.09 bits per heavy atom. The first-order valence-corrected chi connectivity index (χ1v) is 8.26. The first-order chi connectivity index (χ1) is 10.9. The molecule has 1 aromatic carbocycles. The van der Waals surface area contributed by atoms with Crippen LogP contribution in [0.5, 0.6) is 0 Å². The van der Waals surface area contributed by atoms with Crippen LogP contribution in [0.3, 0.4) is 0 Å². The Labute approximate surface area is 131 Å². The summed E-state index contributed by atoms with van der Waals surface area (Å²) in [7, 11) is 0. The number of benzene rings is 1. The van der Waals surface area contributed by atoms with Crippen LogP contribution in [0.4, 0.5) is 5.82 Å². The fourth-order valence-corrected chi connectivity index (χ4v) is 3.80. The van der Waals surface area contributed by atoms with Gasteiger partial charge in [-0.3, -0.25) is 0 Å². The molecule has 2 aromatic rings. The lowest BCUT2D eigenvalue weighted by atomic mass is 10.0. The third-order valence-corrected chi connectivity index (χ3v) is 4.87. The van der Waals surface area contributed by atoms with E-state index in [0.717, 1.165) is 18.9 Å². The average molecular weight is 294 g/mol. The van der Waals surface area contributed by atoms with Gasteiger partial charge in [-0.05, 0) is 48.9 Å². The summed E-state index contributed by atoms with van der Waals surface area (Å²) < 4.78 is 0. The zero-order valence-corrected chi connectivity index (χ0v) is 12.8. The number of fused-ring (bicyclic) bond motifs is 1. The van der Waals surface area contributed by atoms with Gasteiger partial charge in [-0.15, -0.1) is 5.10 Å². The quantitative estimate of drug-likeness (QED) is 0.945. The summed E-state index contributed by atoms with van der Waals surface area (Å²) in [5.41, 5.74) is 3.01. The highest BCUT2D eigenvalue weighted by Crippen LogP contribution is 2.32. The normalized spacial score (nSPS) is 24.3. The van der Waals surface area contributed by atoms with Gasteiger partial charge < -0.3 is 10.2 Å². The van der Waals surface area contributed by atoms with Crippen LogP contribution >= 0.6 is 0 Å². The maximum atomic E-state index is 4.25. The molecule has 0 radical (unpaired) electrons. The highest BCUT2D eigenvalue weighted by molar-refractivity contribution is 5.38. The van der Waals surface area contributed by atoms with Gasteiger partial charge in [0, 0.05) is 31.4 Å². The molecule has 0 amide bonds. The summed E-state index contributed by atoms with van der Waals surface area (Å²) in [6.07, 6.45) is 6.62. The molecular weight excluding hydrogens is 272 g/mol. The van der Waals surface area contributed by atoms with Gasteiger partial charge in [0.25, 0.3) is 0 Å². The van der Waals surface area contributed by atoms with Crippen molar-refractivity contribution in [2.75, 3.05) is 18.0 Å². The van der Waals surface area contributed by atoms with E-state index in [-0.39, 0.29) is 0 Å². The summed E-state index contributed by atoms with van der Waals surface area (Å²) in [5.74, 6) is 1.00. The number of aryl methyl sites for hydroxylation is 1. The van der Waals surface area contributed by atoms with Crippen molar-refractivity contribution in [1.82, 2.24) is 15.5 Å². The van der Waals surface area contributed by atoms with Gasteiger partial charge in [0.1, 0.15) is 0 Å². The summed E-state index contributed by atoms with van der Waals surface area (Å²) in [6.45, 7) is 2.11. The molecule has 2 aliphatic rings. The Morgan fingerprint density at radius 2 is 2.05 bits per heavy atom. The number of aromatic nitrogens is 2. The van der Waals surface area contributed by atoms with E-state index in [2.05, 4.69) is 50.7 Å². The Bertz CT molecular complexity index is 628. The largest absolute Gasteiger partial charge is 0.354 e. The molecule has 4 nitrogen and oxygen atoms in total. The second-order valence-electron chi connectivity index (χ2n) is 6.32. The van der Waals surface area contributed by atoms with Crippen LogP contribution in [0.1, 0.15) is 36.4 Å². The van der Waals surface area contributed by atoms with Crippen LogP contribution in [0, 0.1) is 0 Å². The Morgan fingerprint density at radius 3 is 2.95 bits per heavy atom. The number of hydrogen-bond donors (Lipinski definition) is 1. The molecule has 4 heteroatoms. The van der Waals surface area contributed by atoms with Crippen LogP contribution in [-0.4, -0.2) is 29.3 Å². The molecule has 0 bridgehead atoms. The molecule has 4 rings (SSSR count). The molecule has 1 aliphatic heterocycles. The lowest BCUT2D eigenvalue weighted by Gasteiger charge is -2.35. The van der Waals surface area contributed by atoms with Crippen molar-refractivity contribution >= 4 is 5.82 Å². The Balaban J connectivity index is 1.44. The van der Waals surface area contributed by atoms with Gasteiger partial charge >= 0.3 is 0 Å². The molecule has 2 atom stereocenters. The molecule has 2 heterocycles. The number of nitrogens with one attached hydrogen (secondary N) is 1. The zero-order chi connectivity index (χ0) is 14.8. The first-order valence-electron chi connectivity index (χ1n) is 8.26. The minimum absolute atomic E-state index is 0.517. The van der Waals surface area contributed by atoms with Gasteiger partial charge in [0.15, 0.2) is 5.82 Å². The molecule has 0 unspecified atom stereocenters. The summed E-state index contributed by atoms with van der Waals surface area (Å²) in [6, 6.07) is 13.9. The smallest absolute Gasteiger partial charge is 0.151 e. The Hall–Kier alpha value is -1.94. The lowest BCUT2D eigenvalue weighted by Crippen LogP contribution is -2.47. The summed E-state index contributed by atoms with van der Waals surface area (Å²) in [5, 5.41) is 12.1. The second kappa shape index (κ2) is 6.05. The van der Waals surface area contributed by atoms with E-state index in [9.17, 15) is 0 Å². The first kappa shape index (κ1) is 13.7. The standard InChI is InChI=1S/C18H22N4/c1-2-7-16-14(5-1)9-10-17(16)20-15-6-4-12-22(13-15)18-8-3-11-19-21-18/h1-3,5,7-8,11,15,17,20H,4,6,9-10,12-13H2/t15-,17-/m1/s1. The second-order valence-corrected chi connectivity index (χ2v) is 6.32. The molecule has 22 heavy (non-hydrogen) atoms. The maximum Gasteiger partial charge on any atom is 0.151 e. The molecule has 0 saturated carbocycles. The van der Waals surface area contributed by atoms with Gasteiger partial charge in [0.05, 0.1) is 0 Å². The lowest BCUT2D eigenvalue weighted by molar-refractivity contribution is 0.374. The summed E-state index contributed by atoms with van der Waals surface area (Å²) >= 11 is 0. The highest BCUT2D eigenvalue weighted by atomic mass is 15.3. The van der Waals surface area contributed by atoms with Crippen molar-refractivity contribution < 1.29 is 0 Å². The average Bonchev–Trinajstić information content (AvgIpc) is 2.99. The number of rotatable bonds is 3. The number of hydrogen-bond acceptors (Lipinski definition) is 4. The van der Waals surface area contributed by atoms with E-state index in [1.165, 1.54) is 36.8 Å². The Kier molecular flexibility index (Phi) is 3.77. The third-order valence-electron chi connectivity index (χ3n) is 4.87. The zero-order valence-electron chi connectivity index (χ0n) is 12.8. The molecule has 1 saturated heterocycles. The predicted molar refractivity (Wildman–Crippen MR) is 87.9 cm³/mol. The fourth-order valence-electron chi connectivity index (χ4n) is 3.80. The minimum atomic E-state index is 0.517. The monoisotopic (exact) mass is 294 g/mol. The number of piperidine rings is 1. The van der Waals surface area contributed by atoms with Crippen molar-refractivity contribution in [1.29, 1.82) is 0 Å². The van der Waals surface area contributed by atoms with Crippen LogP contribution < -0.4 is 10.2 Å². The minimum Gasteiger partial charge on any atom is -0.354 e. The van der Waals surface area contributed by atoms with E-state index in [1.807, 2.05) is 6.07 Å². The molecule has 1 aliphatic carbocycles. The molecule has 114 valence electrons. The fraction of sp³-hybridized carbons (Fsp3) is 0.444. The molecular formula is C18H22N4. The van der Waals surface area contributed by atoms with Crippen LogP contribution in [0.2, 0.25) is 0 Å². The molecule has 1 N–H and O–H groups in total.